The Kier molecular flexibility index (Phi) is 5.17. The molecule has 1 amide bonds. The van der Waals surface area contributed by atoms with Gasteiger partial charge in [-0.25, -0.2) is 0 Å². The Morgan fingerprint density at radius 3 is 2.83 bits per heavy atom. The summed E-state index contributed by atoms with van der Waals surface area (Å²) in [7, 11) is 1.63. The fraction of sp³-hybridized carbons (Fsp3) is 0.278. The van der Waals surface area contributed by atoms with Crippen LogP contribution in [0.4, 0.5) is 5.69 Å². The highest BCUT2D eigenvalue weighted by Gasteiger charge is 2.23. The smallest absolute Gasteiger partial charge is 0.264 e. The number of carbonyl (C=O) groups is 1. The van der Waals surface area contributed by atoms with Gasteiger partial charge in [0, 0.05) is 23.3 Å². The van der Waals surface area contributed by atoms with Gasteiger partial charge in [0.2, 0.25) is 0 Å². The molecule has 0 saturated carbocycles. The third-order valence-corrected chi connectivity index (χ3v) is 4.50. The fourth-order valence-electron chi connectivity index (χ4n) is 2.76. The Bertz CT molecular complexity index is 764. The Hall–Kier alpha value is -1.91. The van der Waals surface area contributed by atoms with Crippen molar-refractivity contribution in [2.24, 2.45) is 0 Å². The summed E-state index contributed by atoms with van der Waals surface area (Å²) in [5.41, 5.74) is 2.02. The maximum absolute atomic E-state index is 12.6. The number of carbonyl (C=O) groups excluding carboxylic acids is 1. The average Bonchev–Trinajstić information content (AvgIpc) is 2.61. The van der Waals surface area contributed by atoms with E-state index in [4.69, 9.17) is 32.7 Å². The van der Waals surface area contributed by atoms with Crippen molar-refractivity contribution in [3.63, 3.8) is 0 Å². The van der Waals surface area contributed by atoms with Gasteiger partial charge in [-0.2, -0.15) is 0 Å². The van der Waals surface area contributed by atoms with Gasteiger partial charge < -0.3 is 14.4 Å². The predicted octanol–water partition coefficient (Wildman–Crippen LogP) is 4.36. The van der Waals surface area contributed by atoms with E-state index in [2.05, 4.69) is 0 Å². The van der Waals surface area contributed by atoms with Crippen LogP contribution in [0.1, 0.15) is 12.0 Å². The van der Waals surface area contributed by atoms with Crippen molar-refractivity contribution in [3.05, 3.63) is 52.0 Å². The molecule has 3 rings (SSSR count). The molecule has 0 aliphatic carbocycles. The van der Waals surface area contributed by atoms with Crippen LogP contribution in [-0.2, 0) is 11.2 Å². The lowest BCUT2D eigenvalue weighted by molar-refractivity contribution is -0.120. The van der Waals surface area contributed by atoms with E-state index in [1.807, 2.05) is 18.2 Å². The molecule has 0 bridgehead atoms. The Balaban J connectivity index is 1.73. The molecule has 126 valence electrons. The number of hydrogen-bond donors (Lipinski definition) is 0. The highest BCUT2D eigenvalue weighted by molar-refractivity contribution is 6.34. The first-order valence-electron chi connectivity index (χ1n) is 7.63. The quantitative estimate of drug-likeness (QED) is 0.807. The Morgan fingerprint density at radius 1 is 1.21 bits per heavy atom. The number of anilines is 1. The van der Waals surface area contributed by atoms with Gasteiger partial charge in [-0.05, 0) is 48.7 Å². The fourth-order valence-corrected chi connectivity index (χ4v) is 3.10. The van der Waals surface area contributed by atoms with E-state index in [1.165, 1.54) is 0 Å². The number of amides is 1. The largest absolute Gasteiger partial charge is 0.497 e. The number of halogens is 2. The molecule has 0 fully saturated rings. The summed E-state index contributed by atoms with van der Waals surface area (Å²) in [4.78, 5) is 14.3. The minimum absolute atomic E-state index is 0.0917. The molecule has 0 unspecified atom stereocenters. The molecule has 1 heterocycles. The highest BCUT2D eigenvalue weighted by Crippen LogP contribution is 2.31. The van der Waals surface area contributed by atoms with Crippen LogP contribution in [0.3, 0.4) is 0 Å². The number of benzene rings is 2. The normalized spacial score (nSPS) is 13.4. The number of rotatable bonds is 4. The zero-order valence-electron chi connectivity index (χ0n) is 13.2. The van der Waals surface area contributed by atoms with Crippen LogP contribution in [-0.4, -0.2) is 26.2 Å². The predicted molar refractivity (Wildman–Crippen MR) is 95.6 cm³/mol. The first-order valence-corrected chi connectivity index (χ1v) is 8.39. The summed E-state index contributed by atoms with van der Waals surface area (Å²) in [5.74, 6) is 1.09. The van der Waals surface area contributed by atoms with E-state index >= 15 is 0 Å². The maximum Gasteiger partial charge on any atom is 0.264 e. The lowest BCUT2D eigenvalue weighted by Gasteiger charge is -2.29. The summed E-state index contributed by atoms with van der Waals surface area (Å²) in [6, 6.07) is 10.7. The number of methoxy groups -OCH3 is 1. The summed E-state index contributed by atoms with van der Waals surface area (Å²) >= 11 is 12.0. The minimum Gasteiger partial charge on any atom is -0.497 e. The number of hydrogen-bond acceptors (Lipinski definition) is 3. The van der Waals surface area contributed by atoms with Crippen molar-refractivity contribution < 1.29 is 14.3 Å². The van der Waals surface area contributed by atoms with E-state index in [-0.39, 0.29) is 12.5 Å². The zero-order valence-corrected chi connectivity index (χ0v) is 14.7. The van der Waals surface area contributed by atoms with E-state index < -0.39 is 0 Å². The van der Waals surface area contributed by atoms with E-state index in [1.54, 1.807) is 30.2 Å². The van der Waals surface area contributed by atoms with Gasteiger partial charge in [-0.3, -0.25) is 4.79 Å². The van der Waals surface area contributed by atoms with Crippen LogP contribution in [0.2, 0.25) is 10.0 Å². The third-order valence-electron chi connectivity index (χ3n) is 3.95. The molecule has 0 atom stereocenters. The number of nitrogens with zero attached hydrogens (tertiary/aromatic N) is 1. The van der Waals surface area contributed by atoms with Gasteiger partial charge in [-0.1, -0.05) is 23.2 Å². The van der Waals surface area contributed by atoms with Gasteiger partial charge >= 0.3 is 0 Å². The SMILES string of the molecule is COc1ccc2c(c1)CCCN2C(=O)COc1cc(Cl)ccc1Cl. The van der Waals surface area contributed by atoms with Gasteiger partial charge in [0.05, 0.1) is 12.1 Å². The monoisotopic (exact) mass is 365 g/mol. The Labute approximate surface area is 150 Å². The molecule has 2 aromatic rings. The number of ether oxygens (including phenoxy) is 2. The van der Waals surface area contributed by atoms with Crippen molar-refractivity contribution in [3.8, 4) is 11.5 Å². The number of fused-ring (bicyclic) bond motifs is 1. The van der Waals surface area contributed by atoms with Gasteiger partial charge in [-0.15, -0.1) is 0 Å². The third kappa shape index (κ3) is 3.60. The van der Waals surface area contributed by atoms with Crippen molar-refractivity contribution in [2.75, 3.05) is 25.2 Å². The van der Waals surface area contributed by atoms with Crippen LogP contribution >= 0.6 is 23.2 Å². The second-order valence-electron chi connectivity index (χ2n) is 5.51. The zero-order chi connectivity index (χ0) is 17.1. The van der Waals surface area contributed by atoms with E-state index in [0.29, 0.717) is 22.3 Å². The summed E-state index contributed by atoms with van der Waals surface area (Å²) < 4.78 is 10.8. The maximum atomic E-state index is 12.6. The van der Waals surface area contributed by atoms with E-state index in [0.717, 1.165) is 29.8 Å². The molecule has 6 heteroatoms. The number of aryl methyl sites for hydroxylation is 1. The molecule has 1 aliphatic rings. The van der Waals surface area contributed by atoms with Crippen molar-refractivity contribution >= 4 is 34.8 Å². The van der Waals surface area contributed by atoms with Gasteiger partial charge in [0.1, 0.15) is 11.5 Å². The van der Waals surface area contributed by atoms with Crippen LogP contribution in [0, 0.1) is 0 Å². The van der Waals surface area contributed by atoms with Crippen LogP contribution in [0.25, 0.3) is 0 Å². The molecule has 24 heavy (non-hydrogen) atoms. The summed E-state index contributed by atoms with van der Waals surface area (Å²) in [6.45, 7) is 0.580. The van der Waals surface area contributed by atoms with Crippen molar-refractivity contribution in [1.82, 2.24) is 0 Å². The molecule has 0 saturated heterocycles. The molecular formula is C18H17Cl2NO3. The van der Waals surface area contributed by atoms with Crippen molar-refractivity contribution in [1.29, 1.82) is 0 Å². The summed E-state index contributed by atoms with van der Waals surface area (Å²) in [6.07, 6.45) is 1.83. The average molecular weight is 366 g/mol. The van der Waals surface area contributed by atoms with Crippen LogP contribution in [0.15, 0.2) is 36.4 Å². The highest BCUT2D eigenvalue weighted by atomic mass is 35.5. The van der Waals surface area contributed by atoms with E-state index in [9.17, 15) is 4.79 Å². The van der Waals surface area contributed by atoms with Crippen molar-refractivity contribution in [2.45, 2.75) is 12.8 Å². The summed E-state index contributed by atoms with van der Waals surface area (Å²) in [5, 5.41) is 0.938. The first-order chi connectivity index (χ1) is 11.6. The molecule has 0 N–H and O–H groups in total. The molecule has 0 spiro atoms. The molecule has 1 aliphatic heterocycles. The molecule has 0 radical (unpaired) electrons. The minimum atomic E-state index is -0.114. The second kappa shape index (κ2) is 7.32. The molecular weight excluding hydrogens is 349 g/mol. The first kappa shape index (κ1) is 16.9. The molecule has 0 aromatic heterocycles. The second-order valence-corrected chi connectivity index (χ2v) is 6.35. The lowest BCUT2D eigenvalue weighted by Crippen LogP contribution is -2.38. The van der Waals surface area contributed by atoms with Gasteiger partial charge in [0.15, 0.2) is 6.61 Å². The van der Waals surface area contributed by atoms with Crippen LogP contribution < -0.4 is 14.4 Å². The topological polar surface area (TPSA) is 38.8 Å². The molecule has 4 nitrogen and oxygen atoms in total. The van der Waals surface area contributed by atoms with Crippen LogP contribution in [0.5, 0.6) is 11.5 Å². The van der Waals surface area contributed by atoms with Gasteiger partial charge in [0.25, 0.3) is 5.91 Å². The lowest BCUT2D eigenvalue weighted by atomic mass is 10.0. The molecule has 2 aromatic carbocycles. The Morgan fingerprint density at radius 2 is 2.04 bits per heavy atom. The standard InChI is InChI=1S/C18H17Cl2NO3/c1-23-14-5-7-16-12(9-14)3-2-8-21(16)18(22)11-24-17-10-13(19)4-6-15(17)20/h4-7,9-10H,2-3,8,11H2,1H3.